The van der Waals surface area contributed by atoms with Crippen LogP contribution >= 0.6 is 0 Å². The van der Waals surface area contributed by atoms with Crippen LogP contribution in [-0.2, 0) is 11.3 Å². The number of piperidine rings is 1. The smallest absolute Gasteiger partial charge is 0.407 e. The highest BCUT2D eigenvalue weighted by atomic mass is 16.6. The Hall–Kier alpha value is -4.14. The molecule has 2 aromatic heterocycles. The molecular formula is C28H32N6O3. The van der Waals surface area contributed by atoms with Crippen LogP contribution in [-0.4, -0.2) is 46.8 Å². The van der Waals surface area contributed by atoms with E-state index in [4.69, 9.17) is 9.72 Å². The molecule has 4 heterocycles. The molecule has 9 nitrogen and oxygen atoms in total. The van der Waals surface area contributed by atoms with Crippen LogP contribution in [0.3, 0.4) is 0 Å². The molecule has 0 aliphatic carbocycles. The molecule has 1 aromatic carbocycles. The van der Waals surface area contributed by atoms with Crippen LogP contribution in [0.15, 0.2) is 60.9 Å². The van der Waals surface area contributed by atoms with Gasteiger partial charge in [-0.15, -0.1) is 0 Å². The molecule has 2 aliphatic rings. The lowest BCUT2D eigenvalue weighted by Crippen LogP contribution is -2.56. The maximum Gasteiger partial charge on any atom is 0.407 e. The molecule has 0 radical (unpaired) electrons. The maximum atomic E-state index is 13.5. The number of rotatable bonds is 4. The van der Waals surface area contributed by atoms with E-state index in [2.05, 4.69) is 26.6 Å². The number of pyridine rings is 2. The third-order valence-corrected chi connectivity index (χ3v) is 6.39. The van der Waals surface area contributed by atoms with Crippen LogP contribution in [0, 0.1) is 0 Å². The number of aromatic nitrogens is 2. The minimum Gasteiger partial charge on any atom is -0.444 e. The first kappa shape index (κ1) is 24.5. The van der Waals surface area contributed by atoms with E-state index in [0.29, 0.717) is 18.1 Å². The van der Waals surface area contributed by atoms with E-state index < -0.39 is 11.7 Å². The van der Waals surface area contributed by atoms with Gasteiger partial charge in [-0.05, 0) is 69.5 Å². The Morgan fingerprint density at radius 3 is 2.70 bits per heavy atom. The van der Waals surface area contributed by atoms with Gasteiger partial charge in [0.05, 0.1) is 17.4 Å². The van der Waals surface area contributed by atoms with Gasteiger partial charge in [-0.3, -0.25) is 9.88 Å². The topological polar surface area (TPSA) is 99.7 Å². The number of carbonyl (C=O) groups is 2. The zero-order valence-electron chi connectivity index (χ0n) is 21.4. The van der Waals surface area contributed by atoms with Crippen molar-refractivity contribution in [3.63, 3.8) is 0 Å². The second-order valence-electron chi connectivity index (χ2n) is 10.4. The Labute approximate surface area is 216 Å². The van der Waals surface area contributed by atoms with Crippen molar-refractivity contribution in [3.8, 4) is 11.3 Å². The SMILES string of the molecule is CC(C)(C)OC(=O)NCc1cccc(-c2ccc3c(n2)N(C(=O)Nc2ccncc2)[C@H]2CCCN3C2)c1. The molecule has 2 N–H and O–H groups in total. The van der Waals surface area contributed by atoms with E-state index in [0.717, 1.165) is 48.4 Å². The van der Waals surface area contributed by atoms with Gasteiger partial charge in [-0.2, -0.15) is 0 Å². The summed E-state index contributed by atoms with van der Waals surface area (Å²) in [6.07, 6.45) is 4.81. The molecule has 37 heavy (non-hydrogen) atoms. The van der Waals surface area contributed by atoms with Crippen molar-refractivity contribution >= 4 is 29.3 Å². The van der Waals surface area contributed by atoms with Crippen molar-refractivity contribution in [1.29, 1.82) is 0 Å². The second kappa shape index (κ2) is 10.1. The van der Waals surface area contributed by atoms with Crippen molar-refractivity contribution in [1.82, 2.24) is 15.3 Å². The molecule has 2 bridgehead atoms. The predicted octanol–water partition coefficient (Wildman–Crippen LogP) is 5.19. The summed E-state index contributed by atoms with van der Waals surface area (Å²) in [4.78, 5) is 38.7. The highest BCUT2D eigenvalue weighted by molar-refractivity contribution is 6.04. The average Bonchev–Trinajstić information content (AvgIpc) is 2.87. The molecule has 1 saturated heterocycles. The number of amides is 3. The number of nitrogens with zero attached hydrogens (tertiary/aromatic N) is 4. The van der Waals surface area contributed by atoms with Gasteiger partial charge in [0, 0.05) is 43.3 Å². The Kier molecular flexibility index (Phi) is 6.69. The maximum absolute atomic E-state index is 13.5. The van der Waals surface area contributed by atoms with Gasteiger partial charge >= 0.3 is 12.1 Å². The summed E-state index contributed by atoms with van der Waals surface area (Å²) < 4.78 is 5.34. The summed E-state index contributed by atoms with van der Waals surface area (Å²) >= 11 is 0. The molecule has 9 heteroatoms. The van der Waals surface area contributed by atoms with Gasteiger partial charge in [0.1, 0.15) is 5.60 Å². The van der Waals surface area contributed by atoms with E-state index in [1.807, 2.05) is 56.0 Å². The molecule has 192 valence electrons. The number of alkyl carbamates (subject to hydrolysis) is 1. The normalized spacial score (nSPS) is 16.6. The lowest BCUT2D eigenvalue weighted by atomic mass is 9.99. The summed E-state index contributed by atoms with van der Waals surface area (Å²) in [6.45, 7) is 7.59. The van der Waals surface area contributed by atoms with Gasteiger partial charge in [-0.1, -0.05) is 18.2 Å². The van der Waals surface area contributed by atoms with Gasteiger partial charge in [0.15, 0.2) is 5.82 Å². The fourth-order valence-electron chi connectivity index (χ4n) is 4.79. The summed E-state index contributed by atoms with van der Waals surface area (Å²) in [6, 6.07) is 15.3. The number of fused-ring (bicyclic) bond motifs is 4. The highest BCUT2D eigenvalue weighted by Crippen LogP contribution is 2.39. The van der Waals surface area contributed by atoms with Crippen LogP contribution in [0.25, 0.3) is 11.3 Å². The summed E-state index contributed by atoms with van der Waals surface area (Å²) in [5, 5.41) is 5.81. The summed E-state index contributed by atoms with van der Waals surface area (Å²) in [7, 11) is 0. The fourth-order valence-corrected chi connectivity index (χ4v) is 4.79. The van der Waals surface area contributed by atoms with E-state index in [9.17, 15) is 9.59 Å². The Morgan fingerprint density at radius 2 is 1.92 bits per heavy atom. The number of hydrogen-bond donors (Lipinski definition) is 2. The Bertz CT molecular complexity index is 1290. The molecule has 0 spiro atoms. The zero-order chi connectivity index (χ0) is 26.0. The minimum atomic E-state index is -0.553. The minimum absolute atomic E-state index is 0.0511. The van der Waals surface area contributed by atoms with E-state index in [-0.39, 0.29) is 12.1 Å². The van der Waals surface area contributed by atoms with Crippen LogP contribution < -0.4 is 20.4 Å². The number of benzene rings is 1. The Balaban J connectivity index is 1.41. The molecule has 3 amide bonds. The van der Waals surface area contributed by atoms with Crippen LogP contribution in [0.4, 0.5) is 26.8 Å². The van der Waals surface area contributed by atoms with Crippen molar-refractivity contribution in [3.05, 3.63) is 66.5 Å². The highest BCUT2D eigenvalue weighted by Gasteiger charge is 2.38. The summed E-state index contributed by atoms with van der Waals surface area (Å²) in [5.74, 6) is 0.664. The largest absolute Gasteiger partial charge is 0.444 e. The lowest BCUT2D eigenvalue weighted by molar-refractivity contribution is 0.0523. The monoisotopic (exact) mass is 500 g/mol. The standard InChI is InChI=1S/C28H32N6O3/c1-28(2,3)37-27(36)30-17-19-6-4-7-20(16-19)23-9-10-24-25(32-23)34(22-8-5-15-33(24)18-22)26(35)31-21-11-13-29-14-12-21/h4,6-7,9-14,16,22H,5,8,15,17-18H2,1-3H3,(H,30,36)(H,29,31,35)/t22-/m0/s1. The molecule has 0 saturated carbocycles. The number of hydrogen-bond acceptors (Lipinski definition) is 6. The summed E-state index contributed by atoms with van der Waals surface area (Å²) in [5.41, 5.74) is 3.71. The van der Waals surface area contributed by atoms with Crippen molar-refractivity contribution in [2.24, 2.45) is 0 Å². The quantitative estimate of drug-likeness (QED) is 0.512. The zero-order valence-corrected chi connectivity index (χ0v) is 21.4. The number of carbonyl (C=O) groups excluding carboxylic acids is 2. The van der Waals surface area contributed by atoms with Crippen LogP contribution in [0.2, 0.25) is 0 Å². The third-order valence-electron chi connectivity index (χ3n) is 6.39. The first-order valence-electron chi connectivity index (χ1n) is 12.6. The van der Waals surface area contributed by atoms with Crippen molar-refractivity contribution in [2.45, 2.75) is 51.8 Å². The molecule has 1 fully saturated rings. The number of nitrogens with one attached hydrogen (secondary N) is 2. The van der Waals surface area contributed by atoms with Crippen LogP contribution in [0.5, 0.6) is 0 Å². The predicted molar refractivity (Wildman–Crippen MR) is 144 cm³/mol. The number of urea groups is 1. The molecule has 2 aliphatic heterocycles. The fraction of sp³-hybridized carbons (Fsp3) is 0.357. The first-order valence-corrected chi connectivity index (χ1v) is 12.6. The van der Waals surface area contributed by atoms with E-state index >= 15 is 0 Å². The lowest BCUT2D eigenvalue weighted by Gasteiger charge is -2.45. The third kappa shape index (κ3) is 5.66. The second-order valence-corrected chi connectivity index (χ2v) is 10.4. The van der Waals surface area contributed by atoms with Crippen molar-refractivity contribution in [2.75, 3.05) is 28.2 Å². The number of ether oxygens (including phenoxy) is 1. The van der Waals surface area contributed by atoms with E-state index in [1.54, 1.807) is 24.5 Å². The first-order chi connectivity index (χ1) is 17.8. The number of anilines is 3. The van der Waals surface area contributed by atoms with Crippen LogP contribution in [0.1, 0.15) is 39.2 Å². The van der Waals surface area contributed by atoms with Gasteiger partial charge in [-0.25, -0.2) is 14.6 Å². The van der Waals surface area contributed by atoms with Gasteiger partial charge in [0.2, 0.25) is 0 Å². The van der Waals surface area contributed by atoms with Crippen molar-refractivity contribution < 1.29 is 14.3 Å². The molecule has 5 rings (SSSR count). The molecule has 3 aromatic rings. The molecule has 0 unspecified atom stereocenters. The molecular weight excluding hydrogens is 468 g/mol. The average molecular weight is 501 g/mol. The van der Waals surface area contributed by atoms with Gasteiger partial charge in [0.25, 0.3) is 0 Å². The van der Waals surface area contributed by atoms with E-state index in [1.165, 1.54) is 0 Å². The van der Waals surface area contributed by atoms with Gasteiger partial charge < -0.3 is 20.3 Å². The Morgan fingerprint density at radius 1 is 1.11 bits per heavy atom. The molecule has 1 atom stereocenters.